The Morgan fingerprint density at radius 3 is 2.46 bits per heavy atom. The summed E-state index contributed by atoms with van der Waals surface area (Å²) in [6.45, 7) is 0.392. The summed E-state index contributed by atoms with van der Waals surface area (Å²) in [7, 11) is 0. The molecule has 5 aromatic rings. The highest BCUT2D eigenvalue weighted by Crippen LogP contribution is 2.38. The van der Waals surface area contributed by atoms with E-state index in [1.807, 2.05) is 66.9 Å². The van der Waals surface area contributed by atoms with Crippen molar-refractivity contribution in [1.82, 2.24) is 10.3 Å². The Morgan fingerprint density at radius 2 is 1.65 bits per heavy atom. The second-order valence-electron chi connectivity index (χ2n) is 9.44. The zero-order chi connectivity index (χ0) is 25.2. The molecule has 0 unspecified atom stereocenters. The van der Waals surface area contributed by atoms with Crippen LogP contribution in [-0.4, -0.2) is 35.3 Å². The van der Waals surface area contributed by atoms with Crippen LogP contribution < -0.4 is 10.1 Å². The van der Waals surface area contributed by atoms with Crippen LogP contribution in [-0.2, 0) is 12.8 Å². The monoisotopic (exact) mass is 488 g/mol. The molecule has 3 N–H and O–H groups in total. The number of aliphatic hydroxyl groups excluding tert-OH is 1. The van der Waals surface area contributed by atoms with E-state index >= 15 is 0 Å². The number of H-pyrrole nitrogens is 1. The number of rotatable bonds is 7. The number of aliphatic hydroxyl groups is 1. The zero-order valence-corrected chi connectivity index (χ0v) is 20.4. The highest BCUT2D eigenvalue weighted by molar-refractivity contribution is 6.00. The number of carbonyl (C=O) groups is 1. The summed E-state index contributed by atoms with van der Waals surface area (Å²) in [4.78, 5) is 16.9. The van der Waals surface area contributed by atoms with Gasteiger partial charge in [-0.1, -0.05) is 72.8 Å². The van der Waals surface area contributed by atoms with E-state index in [1.165, 1.54) is 0 Å². The molecule has 1 aliphatic rings. The van der Waals surface area contributed by atoms with Gasteiger partial charge in [-0.25, -0.2) is 0 Å². The van der Waals surface area contributed by atoms with Crippen molar-refractivity contribution in [3.8, 4) is 28.0 Å². The molecule has 0 aliphatic carbocycles. The van der Waals surface area contributed by atoms with Gasteiger partial charge in [0, 0.05) is 23.5 Å². The molecule has 1 amide bonds. The molecule has 0 spiro atoms. The first-order chi connectivity index (χ1) is 18.2. The molecule has 1 aromatic heterocycles. The summed E-state index contributed by atoms with van der Waals surface area (Å²) in [5, 5.41) is 14.3. The first kappa shape index (κ1) is 23.1. The number of aromatic amines is 1. The molecule has 1 atom stereocenters. The minimum absolute atomic E-state index is 0.162. The third-order valence-corrected chi connectivity index (χ3v) is 7.05. The van der Waals surface area contributed by atoms with Crippen LogP contribution in [0.3, 0.4) is 0 Å². The molecule has 37 heavy (non-hydrogen) atoms. The molecule has 0 saturated carbocycles. The van der Waals surface area contributed by atoms with Gasteiger partial charge in [0.25, 0.3) is 5.91 Å². The third kappa shape index (κ3) is 4.50. The second kappa shape index (κ2) is 9.96. The number of carbonyl (C=O) groups excluding carboxylic acids is 1. The smallest absolute Gasteiger partial charge is 0.255 e. The molecule has 0 bridgehead atoms. The molecule has 6 rings (SSSR count). The number of hydrogen-bond acceptors (Lipinski definition) is 3. The molecule has 4 aromatic carbocycles. The summed E-state index contributed by atoms with van der Waals surface area (Å²) in [6.07, 6.45) is 3.23. The van der Waals surface area contributed by atoms with E-state index in [0.29, 0.717) is 24.3 Å². The van der Waals surface area contributed by atoms with Gasteiger partial charge >= 0.3 is 0 Å². The number of para-hydroxylation sites is 1. The highest BCUT2D eigenvalue weighted by Gasteiger charge is 2.25. The number of benzene rings is 4. The van der Waals surface area contributed by atoms with Crippen LogP contribution in [0.2, 0.25) is 0 Å². The van der Waals surface area contributed by atoms with Crippen molar-refractivity contribution < 1.29 is 14.6 Å². The van der Waals surface area contributed by atoms with E-state index in [4.69, 9.17) is 4.74 Å². The van der Waals surface area contributed by atoms with Gasteiger partial charge in [0.1, 0.15) is 5.75 Å². The number of hydrogen-bond donors (Lipinski definition) is 3. The van der Waals surface area contributed by atoms with Crippen molar-refractivity contribution in [1.29, 1.82) is 0 Å². The van der Waals surface area contributed by atoms with Gasteiger partial charge in [-0.15, -0.1) is 0 Å². The van der Waals surface area contributed by atoms with Crippen LogP contribution in [0.15, 0.2) is 97.2 Å². The summed E-state index contributed by atoms with van der Waals surface area (Å²) in [6, 6.07) is 30.2. The SMILES string of the molecule is O=C(N[C@@H](CO)Cc1c[nH]c2ccccc12)c1cc(-c2ccccc2-c2ccccc2)cc2c1OCC2. The minimum atomic E-state index is -0.427. The Morgan fingerprint density at radius 1 is 0.919 bits per heavy atom. The van der Waals surface area contributed by atoms with Gasteiger partial charge in [-0.05, 0) is 58.0 Å². The fourth-order valence-corrected chi connectivity index (χ4v) is 5.23. The molecule has 0 saturated heterocycles. The highest BCUT2D eigenvalue weighted by atomic mass is 16.5. The average Bonchev–Trinajstić information content (AvgIpc) is 3.60. The number of fused-ring (bicyclic) bond motifs is 2. The van der Waals surface area contributed by atoms with Crippen LogP contribution in [0.25, 0.3) is 33.2 Å². The quantitative estimate of drug-likeness (QED) is 0.272. The first-order valence-corrected chi connectivity index (χ1v) is 12.6. The number of nitrogens with one attached hydrogen (secondary N) is 2. The fraction of sp³-hybridized carbons (Fsp3) is 0.156. The van der Waals surface area contributed by atoms with Crippen LogP contribution in [0.1, 0.15) is 21.5 Å². The Balaban J connectivity index is 1.33. The number of amides is 1. The molecular formula is C32H28N2O3. The molecule has 0 fully saturated rings. The molecular weight excluding hydrogens is 460 g/mol. The lowest BCUT2D eigenvalue weighted by molar-refractivity contribution is 0.0913. The summed E-state index contributed by atoms with van der Waals surface area (Å²) < 4.78 is 5.91. The average molecular weight is 489 g/mol. The largest absolute Gasteiger partial charge is 0.492 e. The van der Waals surface area contributed by atoms with E-state index < -0.39 is 6.04 Å². The summed E-state index contributed by atoms with van der Waals surface area (Å²) >= 11 is 0. The standard InChI is InChI=1S/C32H28N2O3/c35-20-25(17-24-19-33-30-13-7-6-12-28(24)30)34-32(36)29-18-23(16-22-14-15-37-31(22)29)27-11-5-4-10-26(27)21-8-2-1-3-9-21/h1-13,16,18-19,25,33,35H,14-15,17,20H2,(H,34,36)/t25-/m1/s1. The Labute approximate surface area is 215 Å². The van der Waals surface area contributed by atoms with Gasteiger partial charge in [0.15, 0.2) is 0 Å². The van der Waals surface area contributed by atoms with Crippen molar-refractivity contribution in [3.05, 3.63) is 114 Å². The van der Waals surface area contributed by atoms with Gasteiger partial charge in [0.05, 0.1) is 24.8 Å². The fourth-order valence-electron chi connectivity index (χ4n) is 5.23. The van der Waals surface area contributed by atoms with Crippen molar-refractivity contribution in [3.63, 3.8) is 0 Å². The first-order valence-electron chi connectivity index (χ1n) is 12.6. The van der Waals surface area contributed by atoms with Gasteiger partial charge in [0.2, 0.25) is 0 Å². The molecule has 1 aliphatic heterocycles. The maximum Gasteiger partial charge on any atom is 0.255 e. The van der Waals surface area contributed by atoms with E-state index in [2.05, 4.69) is 40.6 Å². The Kier molecular flexibility index (Phi) is 6.21. The zero-order valence-electron chi connectivity index (χ0n) is 20.4. The third-order valence-electron chi connectivity index (χ3n) is 7.05. The van der Waals surface area contributed by atoms with E-state index in [0.717, 1.165) is 50.7 Å². The number of ether oxygens (including phenoxy) is 1. The predicted molar refractivity (Wildman–Crippen MR) is 147 cm³/mol. The topological polar surface area (TPSA) is 74.4 Å². The summed E-state index contributed by atoms with van der Waals surface area (Å²) in [5.74, 6) is 0.401. The van der Waals surface area contributed by atoms with E-state index in [1.54, 1.807) is 0 Å². The number of aromatic nitrogens is 1. The predicted octanol–water partition coefficient (Wildman–Crippen LogP) is 5.77. The van der Waals surface area contributed by atoms with Crippen LogP contribution in [0, 0.1) is 0 Å². The molecule has 184 valence electrons. The molecule has 0 radical (unpaired) electrons. The summed E-state index contributed by atoms with van der Waals surface area (Å²) in [5.41, 5.74) is 7.91. The maximum absolute atomic E-state index is 13.6. The molecule has 2 heterocycles. The Bertz CT molecular complexity index is 1570. The van der Waals surface area contributed by atoms with Crippen molar-refractivity contribution in [2.24, 2.45) is 0 Å². The Hall–Kier alpha value is -4.35. The van der Waals surface area contributed by atoms with E-state index in [9.17, 15) is 9.90 Å². The van der Waals surface area contributed by atoms with Crippen LogP contribution in [0.4, 0.5) is 0 Å². The molecule has 5 heteroatoms. The minimum Gasteiger partial charge on any atom is -0.492 e. The lowest BCUT2D eigenvalue weighted by Gasteiger charge is -2.18. The van der Waals surface area contributed by atoms with E-state index in [-0.39, 0.29) is 12.5 Å². The van der Waals surface area contributed by atoms with Gasteiger partial charge < -0.3 is 20.1 Å². The van der Waals surface area contributed by atoms with Gasteiger partial charge in [-0.2, -0.15) is 0 Å². The van der Waals surface area contributed by atoms with Crippen molar-refractivity contribution >= 4 is 16.8 Å². The maximum atomic E-state index is 13.6. The van der Waals surface area contributed by atoms with Crippen LogP contribution >= 0.6 is 0 Å². The van der Waals surface area contributed by atoms with Gasteiger partial charge in [-0.3, -0.25) is 4.79 Å². The normalized spacial score (nSPS) is 13.2. The van der Waals surface area contributed by atoms with Crippen LogP contribution in [0.5, 0.6) is 5.75 Å². The lowest BCUT2D eigenvalue weighted by Crippen LogP contribution is -2.39. The second-order valence-corrected chi connectivity index (χ2v) is 9.44. The molecule has 5 nitrogen and oxygen atoms in total. The lowest BCUT2D eigenvalue weighted by atomic mass is 9.91. The van der Waals surface area contributed by atoms with Crippen molar-refractivity contribution in [2.75, 3.05) is 13.2 Å². The van der Waals surface area contributed by atoms with Crippen molar-refractivity contribution in [2.45, 2.75) is 18.9 Å².